The molecular weight excluding hydrogens is 319 g/mol. The predicted octanol–water partition coefficient (Wildman–Crippen LogP) is 2.51. The third-order valence-corrected chi connectivity index (χ3v) is 5.41. The van der Waals surface area contributed by atoms with Crippen LogP contribution in [0, 0.1) is 17.7 Å². The van der Waals surface area contributed by atoms with Crippen molar-refractivity contribution in [3.05, 3.63) is 54.2 Å². The van der Waals surface area contributed by atoms with Crippen molar-refractivity contribution in [3.8, 4) is 0 Å². The van der Waals surface area contributed by atoms with Crippen LogP contribution in [0.3, 0.4) is 0 Å². The number of nitrogens with one attached hydrogen (secondary N) is 1. The summed E-state index contributed by atoms with van der Waals surface area (Å²) in [5.41, 5.74) is 0.471. The summed E-state index contributed by atoms with van der Waals surface area (Å²) in [6.45, 7) is 1.51. The monoisotopic (exact) mass is 340 g/mol. The van der Waals surface area contributed by atoms with Gasteiger partial charge < -0.3 is 10.2 Å². The first-order chi connectivity index (χ1) is 12.2. The molecule has 1 aliphatic heterocycles. The maximum atomic E-state index is 13.8. The molecule has 2 aliphatic rings. The zero-order valence-electron chi connectivity index (χ0n) is 13.9. The van der Waals surface area contributed by atoms with E-state index in [1.54, 1.807) is 36.8 Å². The molecule has 1 aromatic heterocycles. The molecule has 3 atom stereocenters. The molecule has 4 rings (SSSR count). The number of anilines is 1. The summed E-state index contributed by atoms with van der Waals surface area (Å²) in [5, 5.41) is 3.46. The Labute approximate surface area is 146 Å². The van der Waals surface area contributed by atoms with Gasteiger partial charge in [-0.3, -0.25) is 9.78 Å². The number of aromatic nitrogens is 2. The Morgan fingerprint density at radius 2 is 2.12 bits per heavy atom. The van der Waals surface area contributed by atoms with Crippen LogP contribution < -0.4 is 5.32 Å². The van der Waals surface area contributed by atoms with Crippen LogP contribution in [0.25, 0.3) is 0 Å². The van der Waals surface area contributed by atoms with Gasteiger partial charge in [-0.25, -0.2) is 9.37 Å². The van der Waals surface area contributed by atoms with E-state index >= 15 is 0 Å². The highest BCUT2D eigenvalue weighted by Gasteiger charge is 2.44. The molecule has 2 aromatic rings. The van der Waals surface area contributed by atoms with E-state index in [2.05, 4.69) is 15.3 Å². The van der Waals surface area contributed by atoms with Gasteiger partial charge in [0, 0.05) is 37.4 Å². The number of hydrogen-bond donors (Lipinski definition) is 1. The van der Waals surface area contributed by atoms with Crippen LogP contribution in [0.2, 0.25) is 0 Å². The average molecular weight is 340 g/mol. The van der Waals surface area contributed by atoms with Gasteiger partial charge in [0.15, 0.2) is 0 Å². The van der Waals surface area contributed by atoms with Gasteiger partial charge in [0.2, 0.25) is 5.91 Å². The molecule has 1 saturated carbocycles. The summed E-state index contributed by atoms with van der Waals surface area (Å²) >= 11 is 0. The largest absolute Gasteiger partial charge is 0.366 e. The van der Waals surface area contributed by atoms with Crippen molar-refractivity contribution in [2.75, 3.05) is 18.4 Å². The third-order valence-electron chi connectivity index (χ3n) is 5.41. The van der Waals surface area contributed by atoms with Gasteiger partial charge in [-0.15, -0.1) is 0 Å². The quantitative estimate of drug-likeness (QED) is 0.929. The molecule has 0 unspecified atom stereocenters. The fraction of sp³-hybridized carbons (Fsp3) is 0.421. The highest BCUT2D eigenvalue weighted by Crippen LogP contribution is 2.39. The molecule has 6 heteroatoms. The Balaban J connectivity index is 1.39. The summed E-state index contributed by atoms with van der Waals surface area (Å²) < 4.78 is 13.8. The topological polar surface area (TPSA) is 58.1 Å². The number of carbonyl (C=O) groups excluding carboxylic acids is 1. The molecule has 25 heavy (non-hydrogen) atoms. The average Bonchev–Trinajstić information content (AvgIpc) is 3.20. The van der Waals surface area contributed by atoms with Crippen molar-refractivity contribution >= 4 is 11.7 Å². The van der Waals surface area contributed by atoms with Crippen molar-refractivity contribution in [2.24, 2.45) is 11.8 Å². The van der Waals surface area contributed by atoms with Crippen molar-refractivity contribution < 1.29 is 9.18 Å². The van der Waals surface area contributed by atoms with E-state index in [4.69, 9.17) is 0 Å². The second-order valence-electron chi connectivity index (χ2n) is 6.91. The van der Waals surface area contributed by atoms with Crippen LogP contribution in [-0.4, -0.2) is 39.9 Å². The number of fused-ring (bicyclic) bond motifs is 1. The fourth-order valence-electron chi connectivity index (χ4n) is 4.13. The summed E-state index contributed by atoms with van der Waals surface area (Å²) in [5.74, 6) is 1.42. The number of benzene rings is 1. The smallest absolute Gasteiger partial charge is 0.227 e. The summed E-state index contributed by atoms with van der Waals surface area (Å²) in [6.07, 6.45) is 7.38. The minimum atomic E-state index is -0.308. The first-order valence-corrected chi connectivity index (χ1v) is 8.74. The van der Waals surface area contributed by atoms with Gasteiger partial charge in [-0.2, -0.15) is 0 Å². The van der Waals surface area contributed by atoms with E-state index in [1.807, 2.05) is 4.90 Å². The molecule has 0 bridgehead atoms. The minimum absolute atomic E-state index is 0.0118. The number of likely N-dealkylation sites (tertiary alicyclic amines) is 1. The van der Waals surface area contributed by atoms with Gasteiger partial charge in [-0.1, -0.05) is 18.2 Å². The highest BCUT2D eigenvalue weighted by atomic mass is 19.1. The van der Waals surface area contributed by atoms with Crippen LogP contribution in [0.4, 0.5) is 10.2 Å². The maximum Gasteiger partial charge on any atom is 0.227 e. The number of amides is 1. The van der Waals surface area contributed by atoms with Crippen LogP contribution >= 0.6 is 0 Å². The number of rotatable bonds is 4. The second kappa shape index (κ2) is 6.78. The highest BCUT2D eigenvalue weighted by molar-refractivity contribution is 5.79. The Bertz CT molecular complexity index is 754. The standard InChI is InChI=1S/C19H21FN4O/c20-16-4-2-1-3-13(16)9-19(25)24-11-14-5-6-17(15(14)12-24)23-18-10-21-7-8-22-18/h1-4,7-8,10,14-15,17H,5-6,9,11-12H2,(H,22,23)/t14-,15+,17-/m1/s1. The molecule has 1 aromatic carbocycles. The lowest BCUT2D eigenvalue weighted by Crippen LogP contribution is -2.34. The van der Waals surface area contributed by atoms with E-state index in [0.717, 1.165) is 31.7 Å². The molecule has 1 N–H and O–H groups in total. The van der Waals surface area contributed by atoms with E-state index in [9.17, 15) is 9.18 Å². The van der Waals surface area contributed by atoms with E-state index in [1.165, 1.54) is 6.07 Å². The lowest BCUT2D eigenvalue weighted by Gasteiger charge is -2.22. The molecular formula is C19H21FN4O. The zero-order chi connectivity index (χ0) is 17.2. The second-order valence-corrected chi connectivity index (χ2v) is 6.91. The van der Waals surface area contributed by atoms with Crippen molar-refractivity contribution in [1.82, 2.24) is 14.9 Å². The fourth-order valence-corrected chi connectivity index (χ4v) is 4.13. The minimum Gasteiger partial charge on any atom is -0.366 e. The van der Waals surface area contributed by atoms with Gasteiger partial charge in [0.25, 0.3) is 0 Å². The molecule has 0 radical (unpaired) electrons. The maximum absolute atomic E-state index is 13.8. The van der Waals surface area contributed by atoms with Crippen molar-refractivity contribution in [2.45, 2.75) is 25.3 Å². The van der Waals surface area contributed by atoms with Gasteiger partial charge >= 0.3 is 0 Å². The summed E-state index contributed by atoms with van der Waals surface area (Å²) in [6, 6.07) is 6.82. The Morgan fingerprint density at radius 3 is 2.92 bits per heavy atom. The Kier molecular flexibility index (Phi) is 4.34. The van der Waals surface area contributed by atoms with Crippen LogP contribution in [0.1, 0.15) is 18.4 Å². The summed E-state index contributed by atoms with van der Waals surface area (Å²) in [7, 11) is 0. The van der Waals surface area contributed by atoms with Gasteiger partial charge in [0.1, 0.15) is 11.6 Å². The molecule has 1 saturated heterocycles. The Hall–Kier alpha value is -2.50. The molecule has 2 fully saturated rings. The number of halogens is 1. The SMILES string of the molecule is O=C(Cc1ccccc1F)N1C[C@H]2CC[C@@H](Nc3cnccn3)[C@H]2C1. The molecule has 2 heterocycles. The third kappa shape index (κ3) is 3.34. The first-order valence-electron chi connectivity index (χ1n) is 8.74. The van der Waals surface area contributed by atoms with E-state index in [0.29, 0.717) is 23.4 Å². The predicted molar refractivity (Wildman–Crippen MR) is 92.3 cm³/mol. The molecule has 1 aliphatic carbocycles. The van der Waals surface area contributed by atoms with Crippen molar-refractivity contribution in [1.29, 1.82) is 0 Å². The number of hydrogen-bond acceptors (Lipinski definition) is 4. The van der Waals surface area contributed by atoms with Gasteiger partial charge in [0.05, 0.1) is 12.6 Å². The van der Waals surface area contributed by atoms with Crippen LogP contribution in [0.15, 0.2) is 42.9 Å². The van der Waals surface area contributed by atoms with Gasteiger partial charge in [-0.05, 0) is 30.4 Å². The molecule has 0 spiro atoms. The van der Waals surface area contributed by atoms with Crippen LogP contribution in [0.5, 0.6) is 0 Å². The molecule has 5 nitrogen and oxygen atoms in total. The van der Waals surface area contributed by atoms with E-state index in [-0.39, 0.29) is 18.1 Å². The van der Waals surface area contributed by atoms with Crippen molar-refractivity contribution in [3.63, 3.8) is 0 Å². The summed E-state index contributed by atoms with van der Waals surface area (Å²) in [4.78, 5) is 22.8. The Morgan fingerprint density at radius 1 is 1.24 bits per heavy atom. The lowest BCUT2D eigenvalue weighted by molar-refractivity contribution is -0.129. The first kappa shape index (κ1) is 16.0. The number of carbonyl (C=O) groups is 1. The van der Waals surface area contributed by atoms with E-state index < -0.39 is 0 Å². The van der Waals surface area contributed by atoms with Crippen LogP contribution in [-0.2, 0) is 11.2 Å². The zero-order valence-corrected chi connectivity index (χ0v) is 13.9. The lowest BCUT2D eigenvalue weighted by atomic mass is 9.98. The normalized spacial score (nSPS) is 25.0. The number of nitrogens with zero attached hydrogens (tertiary/aromatic N) is 3. The molecule has 130 valence electrons. The molecule has 1 amide bonds.